The monoisotopic (exact) mass is 179 g/mol. The molecule has 1 N–H and O–H groups in total. The lowest BCUT2D eigenvalue weighted by Crippen LogP contribution is -2.36. The molecule has 0 saturated heterocycles. The van der Waals surface area contributed by atoms with E-state index in [2.05, 4.69) is 4.83 Å². The fraction of sp³-hybridized carbons (Fsp3) is 0.600. The van der Waals surface area contributed by atoms with Crippen LogP contribution in [0.25, 0.3) is 0 Å². The molecule has 0 aromatic carbocycles. The molecule has 0 atom stereocenters. The molecule has 1 rings (SSSR count). The van der Waals surface area contributed by atoms with Crippen molar-refractivity contribution in [1.29, 1.82) is 0 Å². The molecule has 0 spiro atoms. The maximum absolute atomic E-state index is 5.60. The number of nitrogens with one attached hydrogen (secondary N) is 1. The summed E-state index contributed by atoms with van der Waals surface area (Å²) in [6.07, 6.45) is 1.97. The molecule has 0 aliphatic carbocycles. The molecular weight excluding hydrogens is 170 g/mol. The topological polar surface area (TPSA) is 18.5 Å². The Morgan fingerprint density at radius 1 is 1.80 bits per heavy atom. The van der Waals surface area contributed by atoms with Crippen molar-refractivity contribution < 1.29 is 0 Å². The summed E-state index contributed by atoms with van der Waals surface area (Å²) in [7, 11) is 3.92. The maximum atomic E-state index is 5.60. The first-order valence-corrected chi connectivity index (χ1v) is 4.24. The number of nitrogens with zero attached hydrogens (tertiary/aromatic N) is 2. The number of hydrogen-bond donors (Lipinski definition) is 1. The molecule has 1 heterocycles. The average molecular weight is 180 g/mol. The minimum absolute atomic E-state index is 0.571. The van der Waals surface area contributed by atoms with Crippen molar-refractivity contribution in [3.8, 4) is 0 Å². The van der Waals surface area contributed by atoms with Gasteiger partial charge in [-0.2, -0.15) is 4.83 Å². The summed E-state index contributed by atoms with van der Waals surface area (Å²) >= 11 is 7.15. The quantitative estimate of drug-likeness (QED) is 0.504. The molecule has 10 heavy (non-hydrogen) atoms. The summed E-state index contributed by atoms with van der Waals surface area (Å²) in [5.41, 5.74) is 0. The average Bonchev–Trinajstić information content (AvgIpc) is 2.34. The molecule has 0 aromatic rings. The van der Waals surface area contributed by atoms with E-state index < -0.39 is 0 Å². The third-order valence-electron chi connectivity index (χ3n) is 1.10. The highest BCUT2D eigenvalue weighted by molar-refractivity contribution is 8.01. The fourth-order valence-corrected chi connectivity index (χ4v) is 1.42. The molecule has 0 aromatic heterocycles. The molecule has 0 fully saturated rings. The van der Waals surface area contributed by atoms with Gasteiger partial charge in [0.25, 0.3) is 0 Å². The van der Waals surface area contributed by atoms with Gasteiger partial charge in [0, 0.05) is 25.2 Å². The molecule has 0 radical (unpaired) electrons. The van der Waals surface area contributed by atoms with E-state index in [-0.39, 0.29) is 0 Å². The summed E-state index contributed by atoms with van der Waals surface area (Å²) in [6, 6.07) is 0. The van der Waals surface area contributed by atoms with E-state index >= 15 is 0 Å². The van der Waals surface area contributed by atoms with E-state index in [1.165, 1.54) is 0 Å². The van der Waals surface area contributed by atoms with Gasteiger partial charge in [0.15, 0.2) is 0 Å². The van der Waals surface area contributed by atoms with Crippen LogP contribution in [0.5, 0.6) is 0 Å². The largest absolute Gasteiger partial charge is 0.236 e. The van der Waals surface area contributed by atoms with Crippen LogP contribution in [-0.4, -0.2) is 30.1 Å². The van der Waals surface area contributed by atoms with Crippen LogP contribution in [0.1, 0.15) is 0 Å². The van der Waals surface area contributed by atoms with Crippen molar-refractivity contribution in [3.05, 3.63) is 11.1 Å². The third-order valence-corrected chi connectivity index (χ3v) is 2.34. The minimum atomic E-state index is 0.571. The Bertz CT molecular complexity index is 148. The van der Waals surface area contributed by atoms with Crippen molar-refractivity contribution >= 4 is 23.5 Å². The van der Waals surface area contributed by atoms with Gasteiger partial charge in [-0.15, -0.1) is 11.6 Å². The smallest absolute Gasteiger partial charge is 0.0563 e. The number of allylic oxidation sites excluding steroid dienone is 1. The number of hydrazine groups is 2. The fourth-order valence-electron chi connectivity index (χ4n) is 0.553. The van der Waals surface area contributed by atoms with Gasteiger partial charge >= 0.3 is 0 Å². The van der Waals surface area contributed by atoms with E-state index in [1.54, 1.807) is 11.9 Å². The number of hydrogen-bond acceptors (Lipinski definition) is 4. The first kappa shape index (κ1) is 8.20. The van der Waals surface area contributed by atoms with Crippen LogP contribution >= 0.6 is 23.5 Å². The zero-order valence-electron chi connectivity index (χ0n) is 5.97. The van der Waals surface area contributed by atoms with Gasteiger partial charge in [0.05, 0.1) is 5.88 Å². The molecule has 0 bridgehead atoms. The van der Waals surface area contributed by atoms with Crippen LogP contribution in [0.2, 0.25) is 0 Å². The summed E-state index contributed by atoms with van der Waals surface area (Å²) in [6.45, 7) is 0. The van der Waals surface area contributed by atoms with Gasteiger partial charge in [0.2, 0.25) is 0 Å². The maximum Gasteiger partial charge on any atom is 0.0563 e. The molecule has 0 saturated carbocycles. The Morgan fingerprint density at radius 3 is 2.80 bits per heavy atom. The second-order valence-electron chi connectivity index (χ2n) is 2.11. The Kier molecular flexibility index (Phi) is 2.85. The second kappa shape index (κ2) is 3.48. The number of rotatable bonds is 2. The molecule has 1 aliphatic rings. The van der Waals surface area contributed by atoms with Crippen LogP contribution in [0, 0.1) is 0 Å². The Balaban J connectivity index is 2.47. The normalized spacial score (nSPS) is 18.4. The Hall–Kier alpha value is 0.1000. The number of alkyl halides is 1. The zero-order valence-corrected chi connectivity index (χ0v) is 7.54. The summed E-state index contributed by atoms with van der Waals surface area (Å²) in [5, 5.41) is 3.81. The van der Waals surface area contributed by atoms with E-state index in [9.17, 15) is 0 Å². The van der Waals surface area contributed by atoms with Crippen LogP contribution in [-0.2, 0) is 0 Å². The highest BCUT2D eigenvalue weighted by Crippen LogP contribution is 2.20. The van der Waals surface area contributed by atoms with Crippen LogP contribution in [0.3, 0.4) is 0 Å². The minimum Gasteiger partial charge on any atom is -0.236 e. The van der Waals surface area contributed by atoms with E-state index in [1.807, 2.05) is 30.4 Å². The van der Waals surface area contributed by atoms with Crippen molar-refractivity contribution in [2.75, 3.05) is 20.0 Å². The van der Waals surface area contributed by atoms with Gasteiger partial charge in [-0.25, -0.2) is 10.1 Å². The first-order chi connectivity index (χ1) is 4.74. The van der Waals surface area contributed by atoms with Crippen LogP contribution in [0.15, 0.2) is 11.1 Å². The highest BCUT2D eigenvalue weighted by atomic mass is 35.5. The van der Waals surface area contributed by atoms with Gasteiger partial charge in [-0.1, -0.05) is 0 Å². The SMILES string of the molecule is CN(C)N1C=C(CCl)SN1. The molecule has 58 valence electrons. The standard InChI is InChI=1S/C5H10ClN3S/c1-8(2)9-4-5(3-6)10-7-9/h4,7H,3H2,1-2H3. The predicted molar refractivity (Wildman–Crippen MR) is 45.1 cm³/mol. The second-order valence-corrected chi connectivity index (χ2v) is 3.29. The Morgan fingerprint density at radius 2 is 2.50 bits per heavy atom. The van der Waals surface area contributed by atoms with Gasteiger partial charge in [0.1, 0.15) is 0 Å². The lowest BCUT2D eigenvalue weighted by atomic mass is 10.7. The molecule has 0 unspecified atom stereocenters. The van der Waals surface area contributed by atoms with Crippen LogP contribution < -0.4 is 4.83 Å². The van der Waals surface area contributed by atoms with E-state index in [0.717, 1.165) is 4.91 Å². The van der Waals surface area contributed by atoms with E-state index in [0.29, 0.717) is 5.88 Å². The summed E-state index contributed by atoms with van der Waals surface area (Å²) < 4.78 is 0. The van der Waals surface area contributed by atoms with Crippen molar-refractivity contribution in [1.82, 2.24) is 15.0 Å². The van der Waals surface area contributed by atoms with Gasteiger partial charge in [-0.3, -0.25) is 0 Å². The summed E-state index contributed by atoms with van der Waals surface area (Å²) in [4.78, 5) is 4.19. The highest BCUT2D eigenvalue weighted by Gasteiger charge is 2.12. The first-order valence-electron chi connectivity index (χ1n) is 2.89. The lowest BCUT2D eigenvalue weighted by molar-refractivity contribution is 0.0659. The lowest BCUT2D eigenvalue weighted by Gasteiger charge is -2.21. The molecule has 0 amide bonds. The van der Waals surface area contributed by atoms with Gasteiger partial charge in [-0.05, 0) is 11.9 Å². The molecule has 3 nitrogen and oxygen atoms in total. The number of halogens is 1. The molecular formula is C5H10ClN3S. The van der Waals surface area contributed by atoms with Crippen molar-refractivity contribution in [3.63, 3.8) is 0 Å². The zero-order chi connectivity index (χ0) is 7.56. The Labute approximate surface area is 70.1 Å². The van der Waals surface area contributed by atoms with Crippen LogP contribution in [0.4, 0.5) is 0 Å². The third kappa shape index (κ3) is 1.79. The molecule has 5 heteroatoms. The van der Waals surface area contributed by atoms with Crippen molar-refractivity contribution in [2.45, 2.75) is 0 Å². The molecule has 1 aliphatic heterocycles. The summed E-state index contributed by atoms with van der Waals surface area (Å²) in [5.74, 6) is 0.571. The predicted octanol–water partition coefficient (Wildman–Crippen LogP) is 1.01. The van der Waals surface area contributed by atoms with Gasteiger partial charge < -0.3 is 0 Å². The van der Waals surface area contributed by atoms with E-state index in [4.69, 9.17) is 11.6 Å². The van der Waals surface area contributed by atoms with Crippen molar-refractivity contribution in [2.24, 2.45) is 0 Å².